The van der Waals surface area contributed by atoms with Crippen LogP contribution in [0.15, 0.2) is 0 Å². The molecule has 12 nitrogen and oxygen atoms in total. The number of aliphatic hydroxyl groups is 2. The largest absolute Gasteiger partial charge is 0.465 e. The highest BCUT2D eigenvalue weighted by Gasteiger charge is 2.05. The van der Waals surface area contributed by atoms with E-state index in [2.05, 4.69) is 53.3 Å². The van der Waals surface area contributed by atoms with Gasteiger partial charge in [-0.3, -0.25) is 9.59 Å². The van der Waals surface area contributed by atoms with Crippen LogP contribution in [0.4, 0.5) is 9.59 Å². The van der Waals surface area contributed by atoms with Crippen molar-refractivity contribution in [3.05, 3.63) is 0 Å². The fourth-order valence-corrected chi connectivity index (χ4v) is 1.63. The molecular formula is C24H40N2O10. The molecule has 0 aromatic carbocycles. The molecule has 0 radical (unpaired) electrons. The highest BCUT2D eigenvalue weighted by atomic mass is 16.6. The first-order valence-electron chi connectivity index (χ1n) is 11.6. The molecule has 0 aromatic rings. The molecule has 206 valence electrons. The summed E-state index contributed by atoms with van der Waals surface area (Å²) in [7, 11) is 0. The van der Waals surface area contributed by atoms with Crippen LogP contribution in [0.25, 0.3) is 0 Å². The molecule has 2 amide bonds. The fraction of sp³-hybridized carbons (Fsp3) is 0.667. The summed E-state index contributed by atoms with van der Waals surface area (Å²) in [5.74, 6) is 10.1. The number of aliphatic hydroxyl groups excluding tert-OH is 2. The van der Waals surface area contributed by atoms with Crippen molar-refractivity contribution >= 4 is 24.1 Å². The first kappa shape index (κ1) is 37.1. The van der Waals surface area contributed by atoms with Crippen molar-refractivity contribution in [2.24, 2.45) is 0 Å². The number of hydrogen-bond donors (Lipinski definition) is 4. The number of hydrogen-bond acceptors (Lipinski definition) is 10. The van der Waals surface area contributed by atoms with Gasteiger partial charge in [-0.15, -0.1) is 0 Å². The van der Waals surface area contributed by atoms with Gasteiger partial charge in [0.2, 0.25) is 0 Å². The summed E-state index contributed by atoms with van der Waals surface area (Å²) in [4.78, 5) is 42.5. The number of unbranched alkanes of at least 4 members (excludes halogenated alkanes) is 2. The number of amides is 2. The Balaban J connectivity index is -0.000000454. The van der Waals surface area contributed by atoms with Crippen molar-refractivity contribution in [1.29, 1.82) is 0 Å². The minimum atomic E-state index is -0.606. The Bertz CT molecular complexity index is 609. The van der Waals surface area contributed by atoms with E-state index in [1.165, 1.54) is 0 Å². The van der Waals surface area contributed by atoms with Gasteiger partial charge >= 0.3 is 24.1 Å². The first-order chi connectivity index (χ1) is 17.3. The molecular weight excluding hydrogens is 476 g/mol. The van der Waals surface area contributed by atoms with Gasteiger partial charge in [-0.1, -0.05) is 11.8 Å². The third-order valence-corrected chi connectivity index (χ3v) is 3.07. The lowest BCUT2D eigenvalue weighted by Crippen LogP contribution is -2.31. The van der Waals surface area contributed by atoms with Gasteiger partial charge in [0.05, 0.1) is 26.4 Å². The molecule has 0 atom stereocenters. The van der Waals surface area contributed by atoms with Crippen molar-refractivity contribution in [2.75, 3.05) is 52.7 Å². The van der Waals surface area contributed by atoms with Crippen LogP contribution < -0.4 is 10.6 Å². The number of carbonyl (C=O) groups excluding carboxylic acids is 4. The monoisotopic (exact) mass is 516 g/mol. The summed E-state index contributed by atoms with van der Waals surface area (Å²) < 4.78 is 18.1. The van der Waals surface area contributed by atoms with Gasteiger partial charge in [0.1, 0.15) is 13.1 Å². The van der Waals surface area contributed by atoms with E-state index >= 15 is 0 Å². The van der Waals surface area contributed by atoms with Gasteiger partial charge in [-0.25, -0.2) is 9.59 Å². The predicted octanol–water partition coefficient (Wildman–Crippen LogP) is 1.13. The van der Waals surface area contributed by atoms with Crippen LogP contribution >= 0.6 is 0 Å². The van der Waals surface area contributed by atoms with Crippen molar-refractivity contribution in [3.63, 3.8) is 0 Å². The van der Waals surface area contributed by atoms with Crippen molar-refractivity contribution in [1.82, 2.24) is 10.6 Å². The van der Waals surface area contributed by atoms with E-state index in [1.807, 2.05) is 0 Å². The van der Waals surface area contributed by atoms with Crippen molar-refractivity contribution in [3.8, 4) is 23.7 Å². The maximum Gasteiger partial charge on any atom is 0.407 e. The van der Waals surface area contributed by atoms with Crippen LogP contribution in [-0.2, 0) is 28.5 Å². The zero-order valence-electron chi connectivity index (χ0n) is 21.6. The molecule has 0 aliphatic rings. The molecule has 0 bridgehead atoms. The molecule has 0 unspecified atom stereocenters. The average Bonchev–Trinajstić information content (AvgIpc) is 2.85. The Labute approximate surface area is 213 Å². The lowest BCUT2D eigenvalue weighted by molar-refractivity contribution is -0.142. The second kappa shape index (κ2) is 31.5. The minimum absolute atomic E-state index is 0.146. The molecule has 0 rings (SSSR count). The van der Waals surface area contributed by atoms with Gasteiger partial charge in [0.15, 0.2) is 0 Å². The van der Waals surface area contributed by atoms with E-state index in [4.69, 9.17) is 10.2 Å². The Kier molecular flexibility index (Phi) is 32.5. The Morgan fingerprint density at radius 1 is 0.611 bits per heavy atom. The number of ether oxygens (including phenoxy) is 4. The minimum Gasteiger partial charge on any atom is -0.465 e. The number of carbonyl (C=O) groups is 4. The number of alkyl carbamates (subject to hydrolysis) is 2. The lowest BCUT2D eigenvalue weighted by atomic mass is 10.3. The number of rotatable bonds is 12. The molecule has 0 aromatic heterocycles. The fourth-order valence-electron chi connectivity index (χ4n) is 1.63. The highest BCUT2D eigenvalue weighted by Crippen LogP contribution is 1.83. The molecule has 0 saturated carbocycles. The van der Waals surface area contributed by atoms with Crippen LogP contribution in [0.3, 0.4) is 0 Å². The van der Waals surface area contributed by atoms with Gasteiger partial charge in [0.25, 0.3) is 0 Å². The molecule has 36 heavy (non-hydrogen) atoms. The first-order valence-corrected chi connectivity index (χ1v) is 11.6. The summed E-state index contributed by atoms with van der Waals surface area (Å²) in [5.41, 5.74) is 0. The van der Waals surface area contributed by atoms with Crippen LogP contribution in [-0.4, -0.2) is 87.1 Å². The zero-order valence-corrected chi connectivity index (χ0v) is 21.6. The molecule has 0 saturated heterocycles. The van der Waals surface area contributed by atoms with Crippen LogP contribution in [0.1, 0.15) is 53.4 Å². The third kappa shape index (κ3) is 35.1. The predicted molar refractivity (Wildman–Crippen MR) is 132 cm³/mol. The lowest BCUT2D eigenvalue weighted by Gasteiger charge is -2.03. The van der Waals surface area contributed by atoms with E-state index < -0.39 is 24.1 Å². The SMILES string of the molecule is CCOC(=O)CNC(=O)OCC.CCOC(=O)CNC(=O)OCC.OCCCC#CC#CCCCO. The molecule has 0 fully saturated rings. The summed E-state index contributed by atoms with van der Waals surface area (Å²) in [6.45, 7) is 8.03. The summed E-state index contributed by atoms with van der Waals surface area (Å²) in [5, 5.41) is 21.3. The van der Waals surface area contributed by atoms with E-state index in [9.17, 15) is 19.2 Å². The molecule has 0 aliphatic heterocycles. The third-order valence-electron chi connectivity index (χ3n) is 3.07. The van der Waals surface area contributed by atoms with Gasteiger partial charge in [-0.2, -0.15) is 0 Å². The van der Waals surface area contributed by atoms with Crippen LogP contribution in [0.2, 0.25) is 0 Å². The highest BCUT2D eigenvalue weighted by molar-refractivity contribution is 5.78. The molecule has 4 N–H and O–H groups in total. The second-order valence-electron chi connectivity index (χ2n) is 6.02. The second-order valence-corrected chi connectivity index (χ2v) is 6.02. The number of esters is 2. The Morgan fingerprint density at radius 2 is 0.944 bits per heavy atom. The molecule has 0 spiro atoms. The quantitative estimate of drug-likeness (QED) is 0.128. The van der Waals surface area contributed by atoms with E-state index in [0.29, 0.717) is 38.9 Å². The topological polar surface area (TPSA) is 170 Å². The van der Waals surface area contributed by atoms with E-state index in [1.54, 1.807) is 27.7 Å². The van der Waals surface area contributed by atoms with Crippen molar-refractivity contribution in [2.45, 2.75) is 53.4 Å². The molecule has 0 aliphatic carbocycles. The van der Waals surface area contributed by atoms with E-state index in [0.717, 1.165) is 0 Å². The van der Waals surface area contributed by atoms with Crippen molar-refractivity contribution < 1.29 is 48.3 Å². The van der Waals surface area contributed by atoms with Crippen LogP contribution in [0, 0.1) is 23.7 Å². The Hall–Kier alpha value is -3.48. The summed E-state index contributed by atoms with van der Waals surface area (Å²) >= 11 is 0. The molecule has 0 heterocycles. The maximum absolute atomic E-state index is 10.7. The Morgan fingerprint density at radius 3 is 1.22 bits per heavy atom. The summed E-state index contributed by atoms with van der Waals surface area (Å²) in [6, 6.07) is 0. The standard InChI is InChI=1S/C10H14O2.2C7H13NO4/c11-9-7-5-3-1-2-4-6-8-10-12;2*1-3-11-6(9)5-8-7(10)12-4-2/h11-12H,5-10H2;2*3-5H2,1-2H3,(H,8,10). The molecule has 12 heteroatoms. The maximum atomic E-state index is 10.7. The normalized spacial score (nSPS) is 8.50. The number of nitrogens with one attached hydrogen (secondary N) is 2. The van der Waals surface area contributed by atoms with Gasteiger partial charge in [0, 0.05) is 26.1 Å². The smallest absolute Gasteiger partial charge is 0.407 e. The van der Waals surface area contributed by atoms with Gasteiger partial charge in [-0.05, 0) is 52.4 Å². The average molecular weight is 517 g/mol. The van der Waals surface area contributed by atoms with E-state index in [-0.39, 0.29) is 39.5 Å². The zero-order chi connectivity index (χ0) is 27.9. The summed E-state index contributed by atoms with van der Waals surface area (Å²) in [6.07, 6.45) is 1.61. The van der Waals surface area contributed by atoms with Gasteiger partial charge < -0.3 is 39.8 Å². The van der Waals surface area contributed by atoms with Crippen LogP contribution in [0.5, 0.6) is 0 Å².